The molecule has 1 amide bonds. The number of hydrazine groups is 1. The Labute approximate surface area is 128 Å². The van der Waals surface area contributed by atoms with Crippen molar-refractivity contribution in [3.63, 3.8) is 0 Å². The van der Waals surface area contributed by atoms with Crippen molar-refractivity contribution in [2.45, 2.75) is 37.0 Å². The number of hydrogen-bond donors (Lipinski definition) is 3. The van der Waals surface area contributed by atoms with Crippen LogP contribution < -0.4 is 16.6 Å². The summed E-state index contributed by atoms with van der Waals surface area (Å²) in [6, 6.07) is 5.29. The van der Waals surface area contributed by atoms with E-state index in [1.165, 1.54) is 6.42 Å². The molecule has 6 heteroatoms. The molecule has 0 aromatic heterocycles. The second kappa shape index (κ2) is 7.20. The molecule has 4 N–H and O–H groups in total. The average molecular weight is 314 g/mol. The zero-order valence-corrected chi connectivity index (χ0v) is 13.1. The molecule has 0 bridgehead atoms. The van der Waals surface area contributed by atoms with Crippen molar-refractivity contribution < 1.29 is 4.79 Å². The summed E-state index contributed by atoms with van der Waals surface area (Å²) < 4.78 is 0. The van der Waals surface area contributed by atoms with Gasteiger partial charge in [0.15, 0.2) is 0 Å². The molecule has 0 aliphatic heterocycles. The smallest absolute Gasteiger partial charge is 0.253 e. The normalized spacial score (nSPS) is 22.4. The molecule has 2 atom stereocenters. The second-order valence-corrected chi connectivity index (χ2v) is 6.60. The van der Waals surface area contributed by atoms with Gasteiger partial charge < -0.3 is 10.7 Å². The second-order valence-electron chi connectivity index (χ2n) is 5.03. The Morgan fingerprint density at radius 2 is 2.25 bits per heavy atom. The summed E-state index contributed by atoms with van der Waals surface area (Å²) in [7, 11) is 0. The van der Waals surface area contributed by atoms with E-state index in [2.05, 4.69) is 17.0 Å². The van der Waals surface area contributed by atoms with Gasteiger partial charge in [0.1, 0.15) is 0 Å². The monoisotopic (exact) mass is 313 g/mol. The van der Waals surface area contributed by atoms with E-state index in [9.17, 15) is 4.79 Å². The highest BCUT2D eigenvalue weighted by Gasteiger charge is 2.23. The molecule has 0 spiro atoms. The minimum atomic E-state index is -0.118. The molecular weight excluding hydrogens is 294 g/mol. The number of thioether (sulfide) groups is 1. The topological polar surface area (TPSA) is 67.2 Å². The fraction of sp³-hybridized carbons (Fsp3) is 0.500. The zero-order valence-electron chi connectivity index (χ0n) is 11.5. The first kappa shape index (κ1) is 15.5. The Morgan fingerprint density at radius 3 is 2.95 bits per heavy atom. The summed E-state index contributed by atoms with van der Waals surface area (Å²) in [5.74, 6) is 5.32. The van der Waals surface area contributed by atoms with E-state index in [0.717, 1.165) is 19.3 Å². The van der Waals surface area contributed by atoms with Gasteiger partial charge in [-0.2, -0.15) is 11.8 Å². The van der Waals surface area contributed by atoms with Crippen molar-refractivity contribution in [1.29, 1.82) is 0 Å². The maximum atomic E-state index is 12.4. The first-order chi connectivity index (χ1) is 9.63. The lowest BCUT2D eigenvalue weighted by atomic mass is 9.94. The van der Waals surface area contributed by atoms with Gasteiger partial charge in [0.05, 0.1) is 11.3 Å². The van der Waals surface area contributed by atoms with Gasteiger partial charge in [0.25, 0.3) is 5.91 Å². The highest BCUT2D eigenvalue weighted by Crippen LogP contribution is 2.27. The van der Waals surface area contributed by atoms with Crippen LogP contribution in [0.4, 0.5) is 5.69 Å². The van der Waals surface area contributed by atoms with Gasteiger partial charge in [-0.25, -0.2) is 0 Å². The van der Waals surface area contributed by atoms with Crippen LogP contribution in [0.3, 0.4) is 0 Å². The molecule has 4 nitrogen and oxygen atoms in total. The molecule has 1 saturated carbocycles. The van der Waals surface area contributed by atoms with Crippen LogP contribution in [-0.2, 0) is 0 Å². The van der Waals surface area contributed by atoms with Gasteiger partial charge in [-0.3, -0.25) is 10.6 Å². The maximum Gasteiger partial charge on any atom is 0.253 e. The summed E-state index contributed by atoms with van der Waals surface area (Å²) >= 11 is 7.83. The lowest BCUT2D eigenvalue weighted by Gasteiger charge is -2.28. The van der Waals surface area contributed by atoms with Crippen LogP contribution in [0.25, 0.3) is 0 Å². The molecule has 0 heterocycles. The Bertz CT molecular complexity index is 483. The first-order valence-electron chi connectivity index (χ1n) is 6.74. The standard InChI is InChI=1S/C14H20ClN3OS/c1-20-11-4-2-3-10(8-11)17-14(19)12-7-9(15)5-6-13(12)18-16/h5-7,10-11,18H,2-4,8,16H2,1H3,(H,17,19). The molecule has 1 aliphatic carbocycles. The van der Waals surface area contributed by atoms with Gasteiger partial charge in [-0.1, -0.05) is 18.0 Å². The number of amides is 1. The number of hydrogen-bond acceptors (Lipinski definition) is 4. The summed E-state index contributed by atoms with van der Waals surface area (Å²) in [5, 5.41) is 4.26. The lowest BCUT2D eigenvalue weighted by molar-refractivity contribution is 0.0929. The van der Waals surface area contributed by atoms with Gasteiger partial charge in [-0.05, 0) is 43.7 Å². The number of rotatable bonds is 4. The highest BCUT2D eigenvalue weighted by molar-refractivity contribution is 7.99. The number of nitrogens with two attached hydrogens (primary N) is 1. The molecule has 2 unspecified atom stereocenters. The third kappa shape index (κ3) is 3.81. The highest BCUT2D eigenvalue weighted by atomic mass is 35.5. The quantitative estimate of drug-likeness (QED) is 0.590. The number of carbonyl (C=O) groups excluding carboxylic acids is 1. The van der Waals surface area contributed by atoms with Gasteiger partial charge >= 0.3 is 0 Å². The zero-order chi connectivity index (χ0) is 14.5. The molecule has 1 aromatic carbocycles. The van der Waals surface area contributed by atoms with Crippen molar-refractivity contribution in [2.24, 2.45) is 5.84 Å². The fourth-order valence-electron chi connectivity index (χ4n) is 2.58. The Hall–Kier alpha value is -0.910. The number of halogens is 1. The summed E-state index contributed by atoms with van der Waals surface area (Å²) in [5.41, 5.74) is 3.62. The third-order valence-corrected chi connectivity index (χ3v) is 5.01. The number of nitrogen functional groups attached to an aromatic ring is 1. The number of anilines is 1. The molecule has 0 saturated heterocycles. The van der Waals surface area contributed by atoms with Crippen LogP contribution in [-0.4, -0.2) is 23.5 Å². The van der Waals surface area contributed by atoms with E-state index in [-0.39, 0.29) is 11.9 Å². The maximum absolute atomic E-state index is 12.4. The number of carbonyl (C=O) groups is 1. The molecule has 2 rings (SSSR count). The van der Waals surface area contributed by atoms with Crippen LogP contribution in [0, 0.1) is 0 Å². The van der Waals surface area contributed by atoms with Crippen molar-refractivity contribution in [3.8, 4) is 0 Å². The molecule has 1 aromatic rings. The molecular formula is C14H20ClN3OS. The third-order valence-electron chi connectivity index (χ3n) is 3.68. The molecule has 20 heavy (non-hydrogen) atoms. The minimum absolute atomic E-state index is 0.118. The summed E-state index contributed by atoms with van der Waals surface area (Å²) in [6.07, 6.45) is 6.59. The van der Waals surface area contributed by atoms with E-state index < -0.39 is 0 Å². The lowest BCUT2D eigenvalue weighted by Crippen LogP contribution is -2.39. The minimum Gasteiger partial charge on any atom is -0.349 e. The molecule has 1 fully saturated rings. The van der Waals surface area contributed by atoms with E-state index in [4.69, 9.17) is 17.4 Å². The van der Waals surface area contributed by atoms with E-state index in [0.29, 0.717) is 21.5 Å². The summed E-state index contributed by atoms with van der Waals surface area (Å²) in [6.45, 7) is 0. The fourth-order valence-corrected chi connectivity index (χ4v) is 3.58. The van der Waals surface area contributed by atoms with E-state index in [1.807, 2.05) is 11.8 Å². The predicted molar refractivity (Wildman–Crippen MR) is 86.3 cm³/mol. The average Bonchev–Trinajstić information content (AvgIpc) is 2.47. The largest absolute Gasteiger partial charge is 0.349 e. The number of benzene rings is 1. The van der Waals surface area contributed by atoms with Gasteiger partial charge in [-0.15, -0.1) is 0 Å². The summed E-state index contributed by atoms with van der Waals surface area (Å²) in [4.78, 5) is 12.4. The Balaban J connectivity index is 2.06. The first-order valence-corrected chi connectivity index (χ1v) is 8.40. The van der Waals surface area contributed by atoms with Gasteiger partial charge in [0.2, 0.25) is 0 Å². The van der Waals surface area contributed by atoms with Gasteiger partial charge in [0, 0.05) is 16.3 Å². The van der Waals surface area contributed by atoms with Crippen LogP contribution >= 0.6 is 23.4 Å². The van der Waals surface area contributed by atoms with E-state index in [1.54, 1.807) is 18.2 Å². The van der Waals surface area contributed by atoms with Crippen LogP contribution in [0.5, 0.6) is 0 Å². The Morgan fingerprint density at radius 1 is 1.45 bits per heavy atom. The molecule has 1 aliphatic rings. The van der Waals surface area contributed by atoms with Crippen LogP contribution in [0.2, 0.25) is 5.02 Å². The molecule has 0 radical (unpaired) electrons. The predicted octanol–water partition coefficient (Wildman–Crippen LogP) is 3.03. The van der Waals surface area contributed by atoms with Crippen molar-refractivity contribution in [2.75, 3.05) is 11.7 Å². The molecule has 110 valence electrons. The number of nitrogens with one attached hydrogen (secondary N) is 2. The van der Waals surface area contributed by atoms with Crippen molar-refractivity contribution in [1.82, 2.24) is 5.32 Å². The van der Waals surface area contributed by atoms with Crippen LogP contribution in [0.15, 0.2) is 18.2 Å². The Kier molecular flexibility index (Phi) is 5.57. The van der Waals surface area contributed by atoms with Crippen molar-refractivity contribution >= 4 is 35.0 Å². The SMILES string of the molecule is CSC1CCCC(NC(=O)c2cc(Cl)ccc2NN)C1. The van der Waals surface area contributed by atoms with E-state index >= 15 is 0 Å². The van der Waals surface area contributed by atoms with Crippen LogP contribution in [0.1, 0.15) is 36.0 Å². The van der Waals surface area contributed by atoms with Crippen molar-refractivity contribution in [3.05, 3.63) is 28.8 Å².